The lowest BCUT2D eigenvalue weighted by Crippen LogP contribution is -2.20. The molecule has 0 aliphatic heterocycles. The van der Waals surface area contributed by atoms with Gasteiger partial charge in [0.05, 0.1) is 16.4 Å². The number of aromatic nitrogens is 3. The molecule has 0 saturated heterocycles. The lowest BCUT2D eigenvalue weighted by Gasteiger charge is -2.06. The summed E-state index contributed by atoms with van der Waals surface area (Å²) in [5.74, 6) is -2.08. The number of hydrogen-bond acceptors (Lipinski definition) is 2. The summed E-state index contributed by atoms with van der Waals surface area (Å²) in [6.45, 7) is 0. The second-order valence-corrected chi connectivity index (χ2v) is 5.96. The minimum Gasteiger partial charge on any atom is -0.300 e. The van der Waals surface area contributed by atoms with E-state index in [9.17, 15) is 18.0 Å². The van der Waals surface area contributed by atoms with Crippen LogP contribution in [0.1, 0.15) is 0 Å². The summed E-state index contributed by atoms with van der Waals surface area (Å²) in [5, 5.41) is -0.119. The second kappa shape index (κ2) is 6.03. The van der Waals surface area contributed by atoms with E-state index in [0.717, 1.165) is 18.2 Å². The molecule has 4 rings (SSSR count). The average molecular weight is 376 g/mol. The van der Waals surface area contributed by atoms with Gasteiger partial charge in [-0.2, -0.15) is 0 Å². The quantitative estimate of drug-likeness (QED) is 0.526. The van der Waals surface area contributed by atoms with Gasteiger partial charge in [0.1, 0.15) is 17.5 Å². The lowest BCUT2D eigenvalue weighted by molar-refractivity contribution is 0.585. The van der Waals surface area contributed by atoms with Crippen molar-refractivity contribution in [3.8, 4) is 16.9 Å². The van der Waals surface area contributed by atoms with Crippen molar-refractivity contribution in [2.75, 3.05) is 0 Å². The monoisotopic (exact) mass is 375 g/mol. The van der Waals surface area contributed by atoms with Gasteiger partial charge in [0.25, 0.3) is 5.56 Å². The van der Waals surface area contributed by atoms with Gasteiger partial charge in [0.15, 0.2) is 0 Å². The lowest BCUT2D eigenvalue weighted by atomic mass is 10.1. The highest BCUT2D eigenvalue weighted by Gasteiger charge is 2.14. The van der Waals surface area contributed by atoms with Crippen LogP contribution in [0.25, 0.3) is 22.6 Å². The van der Waals surface area contributed by atoms with Crippen molar-refractivity contribution >= 4 is 17.2 Å². The summed E-state index contributed by atoms with van der Waals surface area (Å²) in [5.41, 5.74) is 0.164. The molecule has 8 heteroatoms. The Bertz CT molecular complexity index is 1220. The van der Waals surface area contributed by atoms with Crippen molar-refractivity contribution < 1.29 is 13.2 Å². The molecule has 2 aromatic heterocycles. The Hall–Kier alpha value is -3.06. The minimum absolute atomic E-state index is 0.0340. The second-order valence-electron chi connectivity index (χ2n) is 5.55. The first-order valence-corrected chi connectivity index (χ1v) is 7.83. The maximum Gasteiger partial charge on any atom is 0.298 e. The van der Waals surface area contributed by atoms with Gasteiger partial charge >= 0.3 is 0 Å². The molecule has 0 fully saturated rings. The average Bonchev–Trinajstić information content (AvgIpc) is 3.03. The number of nitrogens with zero attached hydrogens (tertiary/aromatic N) is 3. The summed E-state index contributed by atoms with van der Waals surface area (Å²) in [6.07, 6.45) is 4.48. The van der Waals surface area contributed by atoms with Gasteiger partial charge < -0.3 is 4.40 Å². The summed E-state index contributed by atoms with van der Waals surface area (Å²) in [7, 11) is 0. The smallest absolute Gasteiger partial charge is 0.298 e. The number of imidazole rings is 1. The van der Waals surface area contributed by atoms with Crippen LogP contribution in [0, 0.1) is 17.5 Å². The van der Waals surface area contributed by atoms with E-state index < -0.39 is 23.0 Å². The van der Waals surface area contributed by atoms with Crippen molar-refractivity contribution in [2.45, 2.75) is 0 Å². The molecule has 0 radical (unpaired) electrons. The van der Waals surface area contributed by atoms with Crippen molar-refractivity contribution in [3.05, 3.63) is 87.8 Å². The number of fused-ring (bicyclic) bond motifs is 1. The molecule has 0 aliphatic carbocycles. The highest BCUT2D eigenvalue weighted by atomic mass is 35.5. The van der Waals surface area contributed by atoms with Crippen molar-refractivity contribution in [2.24, 2.45) is 0 Å². The van der Waals surface area contributed by atoms with Gasteiger partial charge in [-0.05, 0) is 30.3 Å². The van der Waals surface area contributed by atoms with Crippen molar-refractivity contribution in [1.29, 1.82) is 0 Å². The number of benzene rings is 2. The van der Waals surface area contributed by atoms with Crippen LogP contribution in [0.5, 0.6) is 0 Å². The van der Waals surface area contributed by atoms with Crippen LogP contribution in [0.2, 0.25) is 5.02 Å². The van der Waals surface area contributed by atoms with E-state index in [4.69, 9.17) is 11.6 Å². The normalized spacial score (nSPS) is 11.2. The van der Waals surface area contributed by atoms with E-state index in [-0.39, 0.29) is 21.9 Å². The molecule has 0 bridgehead atoms. The van der Waals surface area contributed by atoms with Gasteiger partial charge in [0.2, 0.25) is 5.65 Å². The Morgan fingerprint density at radius 2 is 1.77 bits per heavy atom. The highest BCUT2D eigenvalue weighted by molar-refractivity contribution is 6.30. The fraction of sp³-hybridized carbons (Fsp3) is 0. The van der Waals surface area contributed by atoms with Gasteiger partial charge in [-0.1, -0.05) is 11.6 Å². The third-order valence-corrected chi connectivity index (χ3v) is 4.20. The SMILES string of the molecule is O=c1c2nc(-c3ccc(F)cc3F)cn2ccn1-c1ccc(F)c(Cl)c1. The van der Waals surface area contributed by atoms with Crippen LogP contribution in [0.3, 0.4) is 0 Å². The first-order chi connectivity index (χ1) is 12.4. The molecule has 2 heterocycles. The Labute approximate surface area is 149 Å². The number of rotatable bonds is 2. The Morgan fingerprint density at radius 1 is 0.962 bits per heavy atom. The van der Waals surface area contributed by atoms with E-state index in [1.807, 2.05) is 0 Å². The molecule has 0 amide bonds. The highest BCUT2D eigenvalue weighted by Crippen LogP contribution is 2.23. The van der Waals surface area contributed by atoms with E-state index in [2.05, 4.69) is 4.98 Å². The summed E-state index contributed by atoms with van der Waals surface area (Å²) < 4.78 is 43.1. The molecule has 0 aliphatic rings. The molecule has 0 atom stereocenters. The number of hydrogen-bond donors (Lipinski definition) is 0. The predicted molar refractivity (Wildman–Crippen MR) is 91.1 cm³/mol. The van der Waals surface area contributed by atoms with Gasteiger partial charge in [-0.3, -0.25) is 9.36 Å². The molecule has 0 N–H and O–H groups in total. The van der Waals surface area contributed by atoms with E-state index in [1.54, 1.807) is 6.20 Å². The van der Waals surface area contributed by atoms with Crippen LogP contribution in [0.4, 0.5) is 13.2 Å². The molecule has 2 aromatic carbocycles. The van der Waals surface area contributed by atoms with Gasteiger partial charge in [-0.15, -0.1) is 0 Å². The standard InChI is InChI=1S/C18H9ClF3N3O/c19-13-8-11(2-4-14(13)21)25-6-5-24-9-16(23-17(24)18(25)26)12-3-1-10(20)7-15(12)22/h1-9H. The van der Waals surface area contributed by atoms with Crippen LogP contribution in [0.15, 0.2) is 59.8 Å². The predicted octanol–water partition coefficient (Wildman–Crippen LogP) is 4.22. The van der Waals surface area contributed by atoms with E-state index in [1.165, 1.54) is 39.6 Å². The van der Waals surface area contributed by atoms with Crippen LogP contribution >= 0.6 is 11.6 Å². The fourth-order valence-corrected chi connectivity index (χ4v) is 2.82. The fourth-order valence-electron chi connectivity index (χ4n) is 2.64. The first kappa shape index (κ1) is 16.4. The summed E-state index contributed by atoms with van der Waals surface area (Å²) in [4.78, 5) is 16.9. The van der Waals surface area contributed by atoms with Gasteiger partial charge in [-0.25, -0.2) is 18.2 Å². The van der Waals surface area contributed by atoms with E-state index >= 15 is 0 Å². The molecular formula is C18H9ClF3N3O. The van der Waals surface area contributed by atoms with Crippen LogP contribution in [-0.2, 0) is 0 Å². The topological polar surface area (TPSA) is 39.3 Å². The molecule has 0 unspecified atom stereocenters. The van der Waals surface area contributed by atoms with Crippen LogP contribution < -0.4 is 5.56 Å². The number of halogens is 4. The van der Waals surface area contributed by atoms with Crippen molar-refractivity contribution in [3.63, 3.8) is 0 Å². The maximum atomic E-state index is 14.0. The molecule has 130 valence electrons. The largest absolute Gasteiger partial charge is 0.300 e. The third kappa shape index (κ3) is 2.66. The summed E-state index contributed by atoms with van der Waals surface area (Å²) in [6, 6.07) is 6.99. The minimum atomic E-state index is -0.779. The summed E-state index contributed by atoms with van der Waals surface area (Å²) >= 11 is 5.77. The Kier molecular flexibility index (Phi) is 3.81. The maximum absolute atomic E-state index is 14.0. The zero-order chi connectivity index (χ0) is 18.4. The molecule has 0 spiro atoms. The van der Waals surface area contributed by atoms with Crippen LogP contribution in [-0.4, -0.2) is 14.0 Å². The zero-order valence-electron chi connectivity index (χ0n) is 13.0. The van der Waals surface area contributed by atoms with Crippen molar-refractivity contribution in [1.82, 2.24) is 14.0 Å². The first-order valence-electron chi connectivity index (χ1n) is 7.45. The molecule has 4 nitrogen and oxygen atoms in total. The zero-order valence-corrected chi connectivity index (χ0v) is 13.7. The van der Waals surface area contributed by atoms with E-state index in [0.29, 0.717) is 5.69 Å². The molecular weight excluding hydrogens is 367 g/mol. The Balaban J connectivity index is 1.88. The van der Waals surface area contributed by atoms with Gasteiger partial charge in [0, 0.05) is 30.2 Å². The third-order valence-electron chi connectivity index (χ3n) is 3.91. The molecule has 26 heavy (non-hydrogen) atoms. The molecule has 4 aromatic rings. The Morgan fingerprint density at radius 3 is 2.50 bits per heavy atom. The molecule has 0 saturated carbocycles.